The molecular weight excluding hydrogens is 243 g/mol. The Labute approximate surface area is 113 Å². The third-order valence-electron chi connectivity index (χ3n) is 4.43. The van der Waals surface area contributed by atoms with Crippen molar-refractivity contribution in [3.05, 3.63) is 29.6 Å². The summed E-state index contributed by atoms with van der Waals surface area (Å²) >= 11 is 0. The minimum absolute atomic E-state index is 0.0797. The Balaban J connectivity index is 1.68. The number of ether oxygens (including phenoxy) is 1. The number of aliphatic hydroxyl groups excluding tert-OH is 1. The third kappa shape index (κ3) is 2.92. The molecule has 3 heteroatoms. The Morgan fingerprint density at radius 1 is 1.21 bits per heavy atom. The number of fused-ring (bicyclic) bond motifs is 1. The van der Waals surface area contributed by atoms with Gasteiger partial charge in [-0.05, 0) is 30.5 Å². The Kier molecular flexibility index (Phi) is 3.74. The fourth-order valence-corrected chi connectivity index (χ4v) is 3.43. The van der Waals surface area contributed by atoms with Crippen LogP contribution in [0.2, 0.25) is 0 Å². The van der Waals surface area contributed by atoms with Crippen LogP contribution in [0.4, 0.5) is 4.39 Å². The minimum Gasteiger partial charge on any atom is -0.490 e. The Morgan fingerprint density at radius 2 is 2.00 bits per heavy atom. The van der Waals surface area contributed by atoms with Gasteiger partial charge in [0.25, 0.3) is 0 Å². The summed E-state index contributed by atoms with van der Waals surface area (Å²) < 4.78 is 19.1. The highest BCUT2D eigenvalue weighted by Crippen LogP contribution is 2.38. The standard InChI is InChI=1S/C16H21FO2/c17-12-6-7-16-14(9-12)15(18)10-13(19-16)8-11-4-2-1-3-5-11/h6-7,9,11,13,15,18H,1-5,8,10H2/t13?,15-/m1/s1. The molecule has 0 spiro atoms. The van der Waals surface area contributed by atoms with Gasteiger partial charge in [0.05, 0.1) is 6.10 Å². The third-order valence-corrected chi connectivity index (χ3v) is 4.43. The molecule has 104 valence electrons. The van der Waals surface area contributed by atoms with Crippen molar-refractivity contribution < 1.29 is 14.2 Å². The highest BCUT2D eigenvalue weighted by molar-refractivity contribution is 5.37. The molecule has 1 unspecified atom stereocenters. The Bertz CT molecular complexity index is 440. The van der Waals surface area contributed by atoms with Gasteiger partial charge in [0.15, 0.2) is 0 Å². The molecule has 2 aliphatic rings. The van der Waals surface area contributed by atoms with Crippen LogP contribution in [0, 0.1) is 11.7 Å². The highest BCUT2D eigenvalue weighted by Gasteiger charge is 2.29. The van der Waals surface area contributed by atoms with Gasteiger partial charge in [-0.3, -0.25) is 0 Å². The molecule has 1 aromatic carbocycles. The first-order valence-corrected chi connectivity index (χ1v) is 7.36. The van der Waals surface area contributed by atoms with Gasteiger partial charge in [0.2, 0.25) is 0 Å². The van der Waals surface area contributed by atoms with E-state index in [1.807, 2.05) is 0 Å². The summed E-state index contributed by atoms with van der Waals surface area (Å²) in [6.45, 7) is 0. The first-order chi connectivity index (χ1) is 9.22. The van der Waals surface area contributed by atoms with Gasteiger partial charge >= 0.3 is 0 Å². The van der Waals surface area contributed by atoms with Crippen molar-refractivity contribution in [1.82, 2.24) is 0 Å². The van der Waals surface area contributed by atoms with Crippen molar-refractivity contribution >= 4 is 0 Å². The Morgan fingerprint density at radius 3 is 2.79 bits per heavy atom. The van der Waals surface area contributed by atoms with E-state index in [4.69, 9.17) is 4.74 Å². The molecule has 1 aliphatic carbocycles. The van der Waals surface area contributed by atoms with Crippen LogP contribution in [0.5, 0.6) is 5.75 Å². The topological polar surface area (TPSA) is 29.5 Å². The SMILES string of the molecule is O[C@@H]1CC(CC2CCCCC2)Oc2ccc(F)cc21. The molecule has 0 saturated heterocycles. The van der Waals surface area contributed by atoms with E-state index in [0.29, 0.717) is 17.7 Å². The number of benzene rings is 1. The molecule has 1 aliphatic heterocycles. The molecule has 1 saturated carbocycles. The molecule has 2 nitrogen and oxygen atoms in total. The second-order valence-electron chi connectivity index (χ2n) is 5.91. The lowest BCUT2D eigenvalue weighted by molar-refractivity contribution is 0.0491. The van der Waals surface area contributed by atoms with Crippen LogP contribution in [0.1, 0.15) is 56.6 Å². The van der Waals surface area contributed by atoms with Gasteiger partial charge in [0.1, 0.15) is 17.7 Å². The second kappa shape index (κ2) is 5.49. The number of hydrogen-bond donors (Lipinski definition) is 1. The number of aliphatic hydroxyl groups is 1. The predicted molar refractivity (Wildman–Crippen MR) is 71.6 cm³/mol. The molecule has 0 aromatic heterocycles. The van der Waals surface area contributed by atoms with E-state index in [2.05, 4.69) is 0 Å². The van der Waals surface area contributed by atoms with E-state index in [1.165, 1.54) is 44.2 Å². The largest absolute Gasteiger partial charge is 0.490 e. The summed E-state index contributed by atoms with van der Waals surface area (Å²) in [5, 5.41) is 10.1. The maximum Gasteiger partial charge on any atom is 0.125 e. The zero-order valence-corrected chi connectivity index (χ0v) is 11.1. The van der Waals surface area contributed by atoms with E-state index in [1.54, 1.807) is 6.07 Å². The van der Waals surface area contributed by atoms with Crippen molar-refractivity contribution in [1.29, 1.82) is 0 Å². The average Bonchev–Trinajstić information content (AvgIpc) is 2.41. The molecule has 0 amide bonds. The monoisotopic (exact) mass is 264 g/mol. The van der Waals surface area contributed by atoms with Crippen molar-refractivity contribution in [3.63, 3.8) is 0 Å². The molecule has 0 bridgehead atoms. The molecule has 2 atom stereocenters. The van der Waals surface area contributed by atoms with Crippen LogP contribution < -0.4 is 4.74 Å². The van der Waals surface area contributed by atoms with Crippen LogP contribution >= 0.6 is 0 Å². The molecule has 1 aromatic rings. The fourth-order valence-electron chi connectivity index (χ4n) is 3.43. The van der Waals surface area contributed by atoms with E-state index in [9.17, 15) is 9.50 Å². The maximum atomic E-state index is 13.2. The molecular formula is C16H21FO2. The number of rotatable bonds is 2. The molecule has 1 heterocycles. The summed E-state index contributed by atoms with van der Waals surface area (Å²) in [5.41, 5.74) is 0.597. The van der Waals surface area contributed by atoms with Crippen molar-refractivity contribution in [2.45, 2.75) is 57.2 Å². The lowest BCUT2D eigenvalue weighted by atomic mass is 9.83. The lowest BCUT2D eigenvalue weighted by Crippen LogP contribution is -2.28. The fraction of sp³-hybridized carbons (Fsp3) is 0.625. The summed E-state index contributed by atoms with van der Waals surface area (Å²) in [6.07, 6.45) is 7.67. The zero-order valence-electron chi connectivity index (χ0n) is 11.1. The van der Waals surface area contributed by atoms with E-state index in [0.717, 1.165) is 12.3 Å². The molecule has 1 N–H and O–H groups in total. The minimum atomic E-state index is -0.590. The van der Waals surface area contributed by atoms with Gasteiger partial charge in [-0.25, -0.2) is 4.39 Å². The smallest absolute Gasteiger partial charge is 0.125 e. The molecule has 3 rings (SSSR count). The first kappa shape index (κ1) is 12.9. The van der Waals surface area contributed by atoms with Crippen molar-refractivity contribution in [3.8, 4) is 5.75 Å². The molecule has 0 radical (unpaired) electrons. The molecule has 19 heavy (non-hydrogen) atoms. The number of halogens is 1. The van der Waals surface area contributed by atoms with Gasteiger partial charge in [-0.15, -0.1) is 0 Å². The summed E-state index contributed by atoms with van der Waals surface area (Å²) in [5.74, 6) is 1.07. The van der Waals surface area contributed by atoms with Gasteiger partial charge in [0, 0.05) is 12.0 Å². The normalized spacial score (nSPS) is 27.7. The Hall–Kier alpha value is -1.09. The quantitative estimate of drug-likeness (QED) is 0.875. The highest BCUT2D eigenvalue weighted by atomic mass is 19.1. The lowest BCUT2D eigenvalue weighted by Gasteiger charge is -2.33. The van der Waals surface area contributed by atoms with Crippen LogP contribution in [0.15, 0.2) is 18.2 Å². The van der Waals surface area contributed by atoms with Crippen LogP contribution in [-0.2, 0) is 0 Å². The van der Waals surface area contributed by atoms with Gasteiger partial charge in [-0.1, -0.05) is 32.1 Å². The van der Waals surface area contributed by atoms with Gasteiger partial charge < -0.3 is 9.84 Å². The van der Waals surface area contributed by atoms with Crippen molar-refractivity contribution in [2.24, 2.45) is 5.92 Å². The second-order valence-corrected chi connectivity index (χ2v) is 5.91. The van der Waals surface area contributed by atoms with E-state index < -0.39 is 6.10 Å². The zero-order chi connectivity index (χ0) is 13.2. The molecule has 1 fully saturated rings. The average molecular weight is 264 g/mol. The summed E-state index contributed by atoms with van der Waals surface area (Å²) in [6, 6.07) is 4.42. The van der Waals surface area contributed by atoms with Crippen LogP contribution in [-0.4, -0.2) is 11.2 Å². The number of hydrogen-bond acceptors (Lipinski definition) is 2. The maximum absolute atomic E-state index is 13.2. The summed E-state index contributed by atoms with van der Waals surface area (Å²) in [4.78, 5) is 0. The van der Waals surface area contributed by atoms with E-state index in [-0.39, 0.29) is 11.9 Å². The summed E-state index contributed by atoms with van der Waals surface area (Å²) in [7, 11) is 0. The predicted octanol–water partition coefficient (Wildman–Crippen LogP) is 3.98. The van der Waals surface area contributed by atoms with Gasteiger partial charge in [-0.2, -0.15) is 0 Å². The van der Waals surface area contributed by atoms with E-state index >= 15 is 0 Å². The van der Waals surface area contributed by atoms with Crippen LogP contribution in [0.3, 0.4) is 0 Å². The van der Waals surface area contributed by atoms with Crippen LogP contribution in [0.25, 0.3) is 0 Å². The van der Waals surface area contributed by atoms with Crippen molar-refractivity contribution in [2.75, 3.05) is 0 Å². The first-order valence-electron chi connectivity index (χ1n) is 7.36.